The summed E-state index contributed by atoms with van der Waals surface area (Å²) in [7, 11) is 1.85. The number of furan rings is 1. The van der Waals surface area contributed by atoms with Gasteiger partial charge in [0.25, 0.3) is 5.91 Å². The molecule has 1 atom stereocenters. The zero-order valence-corrected chi connectivity index (χ0v) is 14.1. The number of likely N-dealkylation sites (tertiary alicyclic amines) is 1. The molecule has 1 aliphatic heterocycles. The minimum atomic E-state index is -0.992. The van der Waals surface area contributed by atoms with Crippen molar-refractivity contribution in [2.45, 2.75) is 24.9 Å². The lowest BCUT2D eigenvalue weighted by Crippen LogP contribution is -2.51. The quantitative estimate of drug-likeness (QED) is 0.785. The molecule has 1 N–H and O–H groups in total. The van der Waals surface area contributed by atoms with Crippen LogP contribution in [-0.2, 0) is 13.5 Å². The normalized spacial score (nSPS) is 21.0. The molecule has 1 fully saturated rings. The summed E-state index contributed by atoms with van der Waals surface area (Å²) in [6.45, 7) is 0.900. The van der Waals surface area contributed by atoms with Gasteiger partial charge >= 0.3 is 0 Å². The van der Waals surface area contributed by atoms with Gasteiger partial charge < -0.3 is 19.0 Å². The molecule has 1 aromatic carbocycles. The third kappa shape index (κ3) is 2.91. The molecule has 1 amide bonds. The van der Waals surface area contributed by atoms with Gasteiger partial charge in [0.15, 0.2) is 0 Å². The fraction of sp³-hybridized carbons (Fsp3) is 0.389. The number of nitrogens with zero attached hydrogens (tertiary/aromatic N) is 4. The number of benzene rings is 1. The second kappa shape index (κ2) is 6.00. The summed E-state index contributed by atoms with van der Waals surface area (Å²) in [6, 6.07) is 7.48. The smallest absolute Gasteiger partial charge is 0.257 e. The molecule has 1 unspecified atom stereocenters. The van der Waals surface area contributed by atoms with Crippen molar-refractivity contribution >= 4 is 16.9 Å². The lowest BCUT2D eigenvalue weighted by atomic mass is 9.89. The Balaban J connectivity index is 1.56. The first kappa shape index (κ1) is 15.8. The lowest BCUT2D eigenvalue weighted by Gasteiger charge is -2.39. The summed E-state index contributed by atoms with van der Waals surface area (Å²) in [5, 5.41) is 19.7. The van der Waals surface area contributed by atoms with E-state index in [2.05, 4.69) is 10.2 Å². The van der Waals surface area contributed by atoms with E-state index >= 15 is 0 Å². The van der Waals surface area contributed by atoms with Crippen LogP contribution in [-0.4, -0.2) is 49.4 Å². The highest BCUT2D eigenvalue weighted by molar-refractivity contribution is 6.05. The molecular formula is C18H20N4O3. The average molecular weight is 340 g/mol. The number of rotatable bonds is 3. The fourth-order valence-electron chi connectivity index (χ4n) is 3.51. The number of hydrogen-bond donors (Lipinski definition) is 1. The van der Waals surface area contributed by atoms with Crippen LogP contribution < -0.4 is 0 Å². The van der Waals surface area contributed by atoms with Crippen molar-refractivity contribution in [3.05, 3.63) is 48.2 Å². The molecule has 25 heavy (non-hydrogen) atoms. The van der Waals surface area contributed by atoms with E-state index in [-0.39, 0.29) is 12.5 Å². The minimum absolute atomic E-state index is 0.110. The Labute approximate surface area is 144 Å². The molecule has 0 aliphatic carbocycles. The van der Waals surface area contributed by atoms with Crippen LogP contribution >= 0.6 is 0 Å². The van der Waals surface area contributed by atoms with Crippen LogP contribution in [0.2, 0.25) is 0 Å². The molecule has 7 nitrogen and oxygen atoms in total. The minimum Gasteiger partial charge on any atom is -0.463 e. The van der Waals surface area contributed by atoms with Crippen molar-refractivity contribution in [1.82, 2.24) is 19.7 Å². The van der Waals surface area contributed by atoms with Crippen molar-refractivity contribution in [2.75, 3.05) is 13.1 Å². The van der Waals surface area contributed by atoms with E-state index < -0.39 is 5.60 Å². The number of aliphatic hydroxyl groups is 1. The maximum absolute atomic E-state index is 13.0. The van der Waals surface area contributed by atoms with Crippen LogP contribution in [0.3, 0.4) is 0 Å². The van der Waals surface area contributed by atoms with Crippen LogP contribution in [0, 0.1) is 0 Å². The van der Waals surface area contributed by atoms with Crippen LogP contribution in [0.4, 0.5) is 0 Å². The second-order valence-corrected chi connectivity index (χ2v) is 6.73. The number of fused-ring (bicyclic) bond motifs is 1. The number of carbonyl (C=O) groups is 1. The van der Waals surface area contributed by atoms with E-state index in [1.807, 2.05) is 31.3 Å². The maximum atomic E-state index is 13.0. The molecule has 0 radical (unpaired) electrons. The molecule has 4 rings (SSSR count). The molecule has 1 saturated heterocycles. The predicted octanol–water partition coefficient (Wildman–Crippen LogP) is 1.77. The van der Waals surface area contributed by atoms with Crippen molar-refractivity contribution in [2.24, 2.45) is 7.05 Å². The fourth-order valence-corrected chi connectivity index (χ4v) is 3.51. The van der Waals surface area contributed by atoms with Crippen molar-refractivity contribution in [1.29, 1.82) is 0 Å². The number of aromatic nitrogens is 3. The van der Waals surface area contributed by atoms with Crippen LogP contribution in [0.1, 0.15) is 29.0 Å². The largest absolute Gasteiger partial charge is 0.463 e. The number of amides is 1. The van der Waals surface area contributed by atoms with Crippen molar-refractivity contribution < 1.29 is 14.3 Å². The van der Waals surface area contributed by atoms with Gasteiger partial charge in [-0.15, -0.1) is 10.2 Å². The summed E-state index contributed by atoms with van der Waals surface area (Å²) in [5.74, 6) is 0.603. The number of carbonyl (C=O) groups excluding carboxylic acids is 1. The Morgan fingerprint density at radius 1 is 1.40 bits per heavy atom. The zero-order chi connectivity index (χ0) is 17.4. The second-order valence-electron chi connectivity index (χ2n) is 6.73. The van der Waals surface area contributed by atoms with Crippen LogP contribution in [0.15, 0.2) is 41.3 Å². The van der Waals surface area contributed by atoms with Gasteiger partial charge in [0.05, 0.1) is 17.7 Å². The van der Waals surface area contributed by atoms with Gasteiger partial charge in [0, 0.05) is 25.4 Å². The highest BCUT2D eigenvalue weighted by Gasteiger charge is 2.37. The summed E-state index contributed by atoms with van der Waals surface area (Å²) >= 11 is 0. The molecule has 0 spiro atoms. The highest BCUT2D eigenvalue weighted by atomic mass is 16.3. The van der Waals surface area contributed by atoms with E-state index in [9.17, 15) is 9.90 Å². The summed E-state index contributed by atoms with van der Waals surface area (Å²) in [4.78, 5) is 14.7. The number of aryl methyl sites for hydroxylation is 1. The summed E-state index contributed by atoms with van der Waals surface area (Å²) < 4.78 is 7.28. The van der Waals surface area contributed by atoms with E-state index in [1.54, 1.807) is 15.8 Å². The molecule has 0 saturated carbocycles. The van der Waals surface area contributed by atoms with Crippen molar-refractivity contribution in [3.63, 3.8) is 0 Å². The third-order valence-corrected chi connectivity index (χ3v) is 4.85. The molecule has 3 aromatic rings. The number of piperidine rings is 1. The summed E-state index contributed by atoms with van der Waals surface area (Å²) in [6.07, 6.45) is 4.87. The Bertz CT molecular complexity index is 916. The highest BCUT2D eigenvalue weighted by Crippen LogP contribution is 2.28. The van der Waals surface area contributed by atoms with Crippen LogP contribution in [0.25, 0.3) is 11.0 Å². The molecule has 2 aromatic heterocycles. The molecular weight excluding hydrogens is 320 g/mol. The van der Waals surface area contributed by atoms with Gasteiger partial charge in [-0.2, -0.15) is 0 Å². The Morgan fingerprint density at radius 2 is 2.24 bits per heavy atom. The number of para-hydroxylation sites is 1. The first-order chi connectivity index (χ1) is 12.1. The SMILES string of the molecule is Cn1cnnc1CC1(O)CCCN(C(=O)c2coc3ccccc23)C1. The van der Waals surface area contributed by atoms with Gasteiger partial charge in [-0.25, -0.2) is 0 Å². The molecule has 130 valence electrons. The predicted molar refractivity (Wildman–Crippen MR) is 91.0 cm³/mol. The Morgan fingerprint density at radius 3 is 3.04 bits per heavy atom. The third-order valence-electron chi connectivity index (χ3n) is 4.85. The molecule has 3 heterocycles. The summed E-state index contributed by atoms with van der Waals surface area (Å²) in [5.41, 5.74) is 0.240. The topological polar surface area (TPSA) is 84.4 Å². The first-order valence-electron chi connectivity index (χ1n) is 8.36. The van der Waals surface area contributed by atoms with Gasteiger partial charge in [-0.1, -0.05) is 18.2 Å². The zero-order valence-electron chi connectivity index (χ0n) is 14.1. The molecule has 7 heteroatoms. The van der Waals surface area contributed by atoms with E-state index in [1.165, 1.54) is 6.26 Å². The molecule has 0 bridgehead atoms. The van der Waals surface area contributed by atoms with E-state index in [0.717, 1.165) is 11.8 Å². The Hall–Kier alpha value is -2.67. The maximum Gasteiger partial charge on any atom is 0.257 e. The first-order valence-corrected chi connectivity index (χ1v) is 8.36. The number of β-amino-alcohol motifs (C(OH)–C–C–N with tert-alkyl or cyclic N) is 1. The van der Waals surface area contributed by atoms with Gasteiger partial charge in [-0.05, 0) is 18.9 Å². The van der Waals surface area contributed by atoms with Crippen molar-refractivity contribution in [3.8, 4) is 0 Å². The van der Waals surface area contributed by atoms with Gasteiger partial charge in [0.2, 0.25) is 0 Å². The van der Waals surface area contributed by atoms with E-state index in [0.29, 0.717) is 36.4 Å². The van der Waals surface area contributed by atoms with Crippen LogP contribution in [0.5, 0.6) is 0 Å². The lowest BCUT2D eigenvalue weighted by molar-refractivity contribution is -0.0258. The monoisotopic (exact) mass is 340 g/mol. The molecule has 1 aliphatic rings. The van der Waals surface area contributed by atoms with Gasteiger partial charge in [0.1, 0.15) is 24.0 Å². The van der Waals surface area contributed by atoms with E-state index in [4.69, 9.17) is 4.42 Å². The average Bonchev–Trinajstić information content (AvgIpc) is 3.20. The standard InChI is InChI=1S/C18H20N4O3/c1-21-12-19-20-16(21)9-18(24)7-4-8-22(11-18)17(23)14-10-25-15-6-3-2-5-13(14)15/h2-3,5-6,10,12,24H,4,7-9,11H2,1H3. The number of hydrogen-bond acceptors (Lipinski definition) is 5. The Kier molecular flexibility index (Phi) is 3.80. The van der Waals surface area contributed by atoms with Gasteiger partial charge in [-0.3, -0.25) is 4.79 Å².